The maximum absolute atomic E-state index is 13.3. The number of piperidine rings is 1. The molecule has 188 valence electrons. The van der Waals surface area contributed by atoms with Crippen molar-refractivity contribution in [2.75, 3.05) is 38.1 Å². The van der Waals surface area contributed by atoms with Crippen molar-refractivity contribution >= 4 is 17.6 Å². The molecule has 2 atom stereocenters. The number of para-hydroxylation sites is 2. The molecule has 4 rings (SSSR count). The largest absolute Gasteiger partial charge is 0.492 e. The molecule has 0 radical (unpaired) electrons. The molecule has 8 nitrogen and oxygen atoms in total. The molecule has 35 heavy (non-hydrogen) atoms. The maximum atomic E-state index is 13.3. The Morgan fingerprint density at radius 2 is 1.91 bits per heavy atom. The Bertz CT molecular complexity index is 970. The number of urea groups is 1. The van der Waals surface area contributed by atoms with Crippen molar-refractivity contribution in [2.24, 2.45) is 5.92 Å². The lowest BCUT2D eigenvalue weighted by Gasteiger charge is -2.43. The number of likely N-dealkylation sites (tertiary alicyclic amines) is 1. The van der Waals surface area contributed by atoms with E-state index in [1.54, 1.807) is 0 Å². The SMILES string of the molecule is CCOc1ccccc1NC(=O)N1CC[C@@H]2C(=O)NCCCCCCN(Cc3ccncc3)[C@@H]2C1. The van der Waals surface area contributed by atoms with Crippen LogP contribution in [0.15, 0.2) is 48.8 Å². The van der Waals surface area contributed by atoms with Gasteiger partial charge in [-0.05, 0) is 62.6 Å². The summed E-state index contributed by atoms with van der Waals surface area (Å²) in [4.78, 5) is 34.9. The van der Waals surface area contributed by atoms with Crippen LogP contribution in [-0.2, 0) is 11.3 Å². The lowest BCUT2D eigenvalue weighted by molar-refractivity contribution is -0.129. The Morgan fingerprint density at radius 1 is 1.11 bits per heavy atom. The van der Waals surface area contributed by atoms with Gasteiger partial charge in [0.15, 0.2) is 0 Å². The number of carbonyl (C=O) groups excluding carboxylic acids is 2. The Kier molecular flexibility index (Phi) is 8.95. The summed E-state index contributed by atoms with van der Waals surface area (Å²) < 4.78 is 5.68. The highest BCUT2D eigenvalue weighted by molar-refractivity contribution is 5.91. The number of nitrogens with zero attached hydrogens (tertiary/aromatic N) is 3. The summed E-state index contributed by atoms with van der Waals surface area (Å²) in [6.07, 6.45) is 8.61. The van der Waals surface area contributed by atoms with Crippen molar-refractivity contribution in [3.05, 3.63) is 54.4 Å². The van der Waals surface area contributed by atoms with Crippen molar-refractivity contribution < 1.29 is 14.3 Å². The predicted molar refractivity (Wildman–Crippen MR) is 136 cm³/mol. The van der Waals surface area contributed by atoms with Crippen molar-refractivity contribution in [3.63, 3.8) is 0 Å². The highest BCUT2D eigenvalue weighted by atomic mass is 16.5. The number of nitrogens with one attached hydrogen (secondary N) is 2. The Hall–Kier alpha value is -3.13. The highest BCUT2D eigenvalue weighted by Gasteiger charge is 2.39. The molecule has 0 aliphatic carbocycles. The van der Waals surface area contributed by atoms with E-state index in [-0.39, 0.29) is 23.9 Å². The van der Waals surface area contributed by atoms with Crippen molar-refractivity contribution in [1.29, 1.82) is 0 Å². The van der Waals surface area contributed by atoms with E-state index in [0.717, 1.165) is 45.3 Å². The molecule has 1 aromatic heterocycles. The van der Waals surface area contributed by atoms with Gasteiger partial charge in [-0.25, -0.2) is 4.79 Å². The average Bonchev–Trinajstić information content (AvgIpc) is 2.91. The topological polar surface area (TPSA) is 86.8 Å². The van der Waals surface area contributed by atoms with E-state index >= 15 is 0 Å². The van der Waals surface area contributed by atoms with Crippen LogP contribution in [0.2, 0.25) is 0 Å². The average molecular weight is 480 g/mol. The summed E-state index contributed by atoms with van der Waals surface area (Å²) in [5, 5.41) is 6.19. The number of aromatic nitrogens is 1. The summed E-state index contributed by atoms with van der Waals surface area (Å²) in [6.45, 7) is 5.86. The van der Waals surface area contributed by atoms with E-state index in [1.165, 1.54) is 5.56 Å². The van der Waals surface area contributed by atoms with E-state index in [0.29, 0.717) is 37.6 Å². The molecule has 0 spiro atoms. The summed E-state index contributed by atoms with van der Waals surface area (Å²) in [5.74, 6) is 0.625. The zero-order valence-electron chi connectivity index (χ0n) is 20.6. The molecule has 2 saturated heterocycles. The standard InChI is InChI=1S/C27H37N5O3/c1-2-35-25-10-6-5-9-23(25)30-27(34)32-18-13-22-24(20-32)31(19-21-11-15-28-16-12-21)17-8-4-3-7-14-29-26(22)33/h5-6,9-12,15-16,22,24H,2-4,7-8,13-14,17-20H2,1H3,(H,29,33)(H,30,34)/t22-,24+/m0/s1. The molecular formula is C27H37N5O3. The summed E-state index contributed by atoms with van der Waals surface area (Å²) in [7, 11) is 0. The van der Waals surface area contributed by atoms with Gasteiger partial charge in [-0.15, -0.1) is 0 Å². The van der Waals surface area contributed by atoms with E-state index in [4.69, 9.17) is 4.74 Å². The van der Waals surface area contributed by atoms with Gasteiger partial charge in [0.2, 0.25) is 5.91 Å². The molecule has 1 aromatic carbocycles. The molecule has 3 amide bonds. The van der Waals surface area contributed by atoms with Gasteiger partial charge in [0, 0.05) is 44.6 Å². The van der Waals surface area contributed by atoms with Crippen LogP contribution >= 0.6 is 0 Å². The van der Waals surface area contributed by atoms with Gasteiger partial charge in [0.05, 0.1) is 18.2 Å². The lowest BCUT2D eigenvalue weighted by Crippen LogP contribution is -2.58. The summed E-state index contributed by atoms with van der Waals surface area (Å²) in [5.41, 5.74) is 1.83. The number of fused-ring (bicyclic) bond motifs is 1. The minimum atomic E-state index is -0.158. The molecule has 0 saturated carbocycles. The zero-order chi connectivity index (χ0) is 24.5. The number of amides is 3. The highest BCUT2D eigenvalue weighted by Crippen LogP contribution is 2.28. The number of ether oxygens (including phenoxy) is 1. The van der Waals surface area contributed by atoms with Gasteiger partial charge < -0.3 is 20.3 Å². The van der Waals surface area contributed by atoms with Crippen molar-refractivity contribution in [2.45, 2.75) is 51.6 Å². The minimum absolute atomic E-state index is 0.0529. The van der Waals surface area contributed by atoms with Gasteiger partial charge >= 0.3 is 6.03 Å². The molecule has 8 heteroatoms. The predicted octanol–water partition coefficient (Wildman–Crippen LogP) is 3.90. The van der Waals surface area contributed by atoms with Crippen LogP contribution in [0.5, 0.6) is 5.75 Å². The van der Waals surface area contributed by atoms with E-state index in [1.807, 2.05) is 60.6 Å². The number of anilines is 1. The van der Waals surface area contributed by atoms with E-state index < -0.39 is 0 Å². The fraction of sp³-hybridized carbons (Fsp3) is 0.519. The molecule has 2 aromatic rings. The number of pyridine rings is 1. The van der Waals surface area contributed by atoms with Crippen molar-refractivity contribution in [1.82, 2.24) is 20.1 Å². The molecule has 2 aliphatic heterocycles. The first-order chi connectivity index (χ1) is 17.2. The van der Waals surface area contributed by atoms with E-state index in [9.17, 15) is 9.59 Å². The first-order valence-electron chi connectivity index (χ1n) is 12.8. The van der Waals surface area contributed by atoms with Crippen LogP contribution in [0.4, 0.5) is 10.5 Å². The van der Waals surface area contributed by atoms with Crippen LogP contribution in [0.25, 0.3) is 0 Å². The van der Waals surface area contributed by atoms with E-state index in [2.05, 4.69) is 20.5 Å². The third-order valence-electron chi connectivity index (χ3n) is 6.91. The number of hydrogen-bond acceptors (Lipinski definition) is 5. The van der Waals surface area contributed by atoms with Crippen LogP contribution in [0, 0.1) is 5.92 Å². The second-order valence-electron chi connectivity index (χ2n) is 9.30. The summed E-state index contributed by atoms with van der Waals surface area (Å²) >= 11 is 0. The fourth-order valence-corrected chi connectivity index (χ4v) is 5.06. The molecule has 2 N–H and O–H groups in total. The van der Waals surface area contributed by atoms with Gasteiger partial charge in [0.1, 0.15) is 5.75 Å². The Labute approximate surface area is 208 Å². The molecule has 0 unspecified atom stereocenters. The number of rotatable bonds is 5. The van der Waals surface area contributed by atoms with Gasteiger partial charge in [-0.1, -0.05) is 25.0 Å². The maximum Gasteiger partial charge on any atom is 0.322 e. The van der Waals surface area contributed by atoms with Crippen LogP contribution < -0.4 is 15.4 Å². The monoisotopic (exact) mass is 479 g/mol. The number of carbonyl (C=O) groups is 2. The number of benzene rings is 1. The second-order valence-corrected chi connectivity index (χ2v) is 9.30. The van der Waals surface area contributed by atoms with Crippen LogP contribution in [-0.4, -0.2) is 65.5 Å². The van der Waals surface area contributed by atoms with Gasteiger partial charge in [0.25, 0.3) is 0 Å². The minimum Gasteiger partial charge on any atom is -0.492 e. The summed E-state index contributed by atoms with van der Waals surface area (Å²) in [6, 6.07) is 11.3. The first kappa shape index (κ1) is 25.0. The van der Waals surface area contributed by atoms with Gasteiger partial charge in [-0.2, -0.15) is 0 Å². The van der Waals surface area contributed by atoms with Gasteiger partial charge in [-0.3, -0.25) is 14.7 Å². The molecule has 0 bridgehead atoms. The molecule has 2 fully saturated rings. The smallest absolute Gasteiger partial charge is 0.322 e. The third-order valence-corrected chi connectivity index (χ3v) is 6.91. The quantitative estimate of drug-likeness (QED) is 0.679. The van der Waals surface area contributed by atoms with Crippen molar-refractivity contribution in [3.8, 4) is 5.75 Å². The third kappa shape index (κ3) is 6.72. The van der Waals surface area contributed by atoms with Crippen LogP contribution in [0.1, 0.15) is 44.6 Å². The molecular weight excluding hydrogens is 442 g/mol. The second kappa shape index (κ2) is 12.5. The Morgan fingerprint density at radius 3 is 2.74 bits per heavy atom. The normalized spacial score (nSPS) is 21.9. The zero-order valence-corrected chi connectivity index (χ0v) is 20.6. The molecule has 3 heterocycles. The van der Waals surface area contributed by atoms with Crippen LogP contribution in [0.3, 0.4) is 0 Å². The fourth-order valence-electron chi connectivity index (χ4n) is 5.06. The first-order valence-corrected chi connectivity index (χ1v) is 12.8. The lowest BCUT2D eigenvalue weighted by atomic mass is 9.89. The molecule has 2 aliphatic rings. The number of hydrogen-bond donors (Lipinski definition) is 2. The Balaban J connectivity index is 1.54.